The highest BCUT2D eigenvalue weighted by atomic mass is 15.2. The van der Waals surface area contributed by atoms with Crippen molar-refractivity contribution in [2.75, 3.05) is 14.7 Å². The quantitative estimate of drug-likeness (QED) is 0.147. The molecule has 0 aromatic heterocycles. The van der Waals surface area contributed by atoms with Gasteiger partial charge in [0.2, 0.25) is 0 Å². The molecule has 5 aliphatic rings. The zero-order valence-electron chi connectivity index (χ0n) is 49.9. The van der Waals surface area contributed by atoms with E-state index < -0.39 is 0 Å². The Morgan fingerprint density at radius 1 is 0.321 bits per heavy atom. The van der Waals surface area contributed by atoms with E-state index in [4.69, 9.17) is 0 Å². The Bertz CT molecular complexity index is 3940. The Morgan fingerprint density at radius 2 is 0.753 bits per heavy atom. The first-order valence-electron chi connectivity index (χ1n) is 30.1. The third-order valence-electron chi connectivity index (χ3n) is 20.3. The number of benzene rings is 9. The van der Waals surface area contributed by atoms with Crippen molar-refractivity contribution < 1.29 is 0 Å². The third-order valence-corrected chi connectivity index (χ3v) is 20.3. The van der Waals surface area contributed by atoms with Crippen LogP contribution in [-0.4, -0.2) is 6.71 Å². The highest BCUT2D eigenvalue weighted by Crippen LogP contribution is 2.57. The minimum Gasteiger partial charge on any atom is -0.311 e. The van der Waals surface area contributed by atoms with Gasteiger partial charge in [0.15, 0.2) is 0 Å². The molecule has 0 N–H and O–H groups in total. The Hall–Kier alpha value is -7.56. The van der Waals surface area contributed by atoms with Gasteiger partial charge in [-0.05, 0) is 204 Å². The first-order chi connectivity index (χ1) is 38.6. The summed E-state index contributed by atoms with van der Waals surface area (Å²) >= 11 is 0. The third kappa shape index (κ3) is 8.12. The average Bonchev–Trinajstić information content (AvgIpc) is 3.80. The van der Waals surface area contributed by atoms with Crippen molar-refractivity contribution in [3.05, 3.63) is 228 Å². The largest absolute Gasteiger partial charge is 0.311 e. The summed E-state index contributed by atoms with van der Waals surface area (Å²) in [5.74, 6) is 0. The van der Waals surface area contributed by atoms with Crippen molar-refractivity contribution in [1.82, 2.24) is 0 Å². The van der Waals surface area contributed by atoms with Crippen molar-refractivity contribution in [2.24, 2.45) is 0 Å². The number of para-hydroxylation sites is 2. The van der Waals surface area contributed by atoms with E-state index in [1.165, 1.54) is 113 Å². The van der Waals surface area contributed by atoms with Crippen LogP contribution in [0.1, 0.15) is 149 Å². The maximum atomic E-state index is 2.73. The molecular weight excluding hydrogens is 978 g/mol. The topological polar surface area (TPSA) is 9.72 Å². The lowest BCUT2D eigenvalue weighted by molar-refractivity contribution is 0.332. The zero-order chi connectivity index (χ0) is 56.2. The summed E-state index contributed by atoms with van der Waals surface area (Å²) in [4.78, 5) is 7.95. The van der Waals surface area contributed by atoms with Crippen LogP contribution in [0.2, 0.25) is 0 Å². The van der Waals surface area contributed by atoms with Crippen LogP contribution in [0.5, 0.6) is 0 Å². The minimum absolute atomic E-state index is 0.00351. The minimum atomic E-state index is -0.0591. The monoisotopic (exact) mass is 1060 g/mol. The van der Waals surface area contributed by atoms with Gasteiger partial charge in [-0.3, -0.25) is 0 Å². The van der Waals surface area contributed by atoms with Gasteiger partial charge in [-0.15, -0.1) is 0 Å². The van der Waals surface area contributed by atoms with Crippen LogP contribution >= 0.6 is 0 Å². The number of rotatable bonds is 7. The molecule has 3 aliphatic carbocycles. The molecule has 404 valence electrons. The molecule has 4 heteroatoms. The number of nitrogens with zero attached hydrogens (tertiary/aromatic N) is 3. The smallest absolute Gasteiger partial charge is 0.252 e. The molecule has 2 aliphatic heterocycles. The van der Waals surface area contributed by atoms with E-state index in [2.05, 4.69) is 292 Å². The van der Waals surface area contributed by atoms with E-state index in [1.807, 2.05) is 0 Å². The Labute approximate surface area is 483 Å². The normalized spacial score (nSPS) is 18.6. The summed E-state index contributed by atoms with van der Waals surface area (Å²) < 4.78 is 0. The Morgan fingerprint density at radius 3 is 1.30 bits per heavy atom. The lowest BCUT2D eigenvalue weighted by atomic mass is 9.33. The number of anilines is 9. The molecule has 0 saturated heterocycles. The van der Waals surface area contributed by atoms with Gasteiger partial charge >= 0.3 is 0 Å². The van der Waals surface area contributed by atoms with Crippen molar-refractivity contribution in [1.29, 1.82) is 0 Å². The fraction of sp³-hybridized carbons (Fsp3) is 0.299. The van der Waals surface area contributed by atoms with Gasteiger partial charge in [0.05, 0.1) is 11.4 Å². The van der Waals surface area contributed by atoms with Gasteiger partial charge in [-0.1, -0.05) is 204 Å². The summed E-state index contributed by atoms with van der Waals surface area (Å²) in [7, 11) is 0. The maximum absolute atomic E-state index is 2.73. The van der Waals surface area contributed by atoms with E-state index in [1.54, 1.807) is 0 Å². The van der Waals surface area contributed by atoms with Crippen molar-refractivity contribution >= 4 is 74.3 Å². The van der Waals surface area contributed by atoms with Crippen LogP contribution in [0.3, 0.4) is 0 Å². The van der Waals surface area contributed by atoms with Gasteiger partial charge in [0, 0.05) is 45.4 Å². The SMILES string of the molecule is CC1(C)CCC(C)(C)c2cc(N3c4cc5c(cc4B4c6cc7c(cc6N(c6ccc(-c8ccccc8)cc6-c6ccccc6)c6cc(N(c8ccccc8)c8ccccc8)cc3c64)C(C)(C)CC7(C)C)C(C)(C)CCC5(C)C)ccc21. The number of fused-ring (bicyclic) bond motifs is 7. The predicted octanol–water partition coefficient (Wildman–Crippen LogP) is 19.2. The standard InChI is InChI=1S/C77H78BN3/c1-72(2)37-38-73(3,4)59-42-55(34-35-58(59)72)80-67-47-62-60(74(5,6)39-40-75(62,7)8)45-64(67)78-65-46-61-63(77(11,12)49-76(61,9)10)48-68(65)81(66-36-33-52(50-25-17-13-18-26-50)41-57(66)51-27-19-14-20-28-51)70-44-56(43-69(80)71(70)78)79(53-29-21-15-22-30-53)54-31-23-16-24-32-54/h13-36,41-48H,37-40,49H2,1-12H3. The highest BCUT2D eigenvalue weighted by Gasteiger charge is 2.50. The van der Waals surface area contributed by atoms with Gasteiger partial charge in [0.25, 0.3) is 6.71 Å². The summed E-state index contributed by atoms with van der Waals surface area (Å²) in [6, 6.07) is 74.9. The second kappa shape index (κ2) is 18.0. The number of hydrogen-bond donors (Lipinski definition) is 0. The second-order valence-corrected chi connectivity index (χ2v) is 28.6. The average molecular weight is 1060 g/mol. The van der Waals surface area contributed by atoms with Gasteiger partial charge in [-0.2, -0.15) is 0 Å². The van der Waals surface area contributed by atoms with Crippen LogP contribution in [0.15, 0.2) is 194 Å². The molecule has 9 aromatic rings. The van der Waals surface area contributed by atoms with Crippen LogP contribution < -0.4 is 31.1 Å². The fourth-order valence-corrected chi connectivity index (χ4v) is 15.9. The molecule has 14 rings (SSSR count). The summed E-state index contributed by atoms with van der Waals surface area (Å²) in [6.45, 7) is 29.8. The molecule has 0 amide bonds. The van der Waals surface area contributed by atoms with E-state index in [9.17, 15) is 0 Å². The molecule has 0 saturated carbocycles. The van der Waals surface area contributed by atoms with Crippen molar-refractivity contribution in [3.63, 3.8) is 0 Å². The van der Waals surface area contributed by atoms with Gasteiger partial charge in [-0.25, -0.2) is 0 Å². The molecule has 81 heavy (non-hydrogen) atoms. The maximum Gasteiger partial charge on any atom is 0.252 e. The fourth-order valence-electron chi connectivity index (χ4n) is 15.9. The van der Waals surface area contributed by atoms with E-state index in [-0.39, 0.29) is 39.2 Å². The summed E-state index contributed by atoms with van der Waals surface area (Å²) in [6.07, 6.45) is 5.70. The van der Waals surface area contributed by atoms with Gasteiger partial charge < -0.3 is 14.7 Å². The molecule has 2 heterocycles. The molecule has 0 spiro atoms. The first-order valence-corrected chi connectivity index (χ1v) is 30.1. The second-order valence-electron chi connectivity index (χ2n) is 28.6. The lowest BCUT2D eigenvalue weighted by Crippen LogP contribution is -2.62. The number of hydrogen-bond acceptors (Lipinski definition) is 3. The zero-order valence-corrected chi connectivity index (χ0v) is 49.9. The van der Waals surface area contributed by atoms with Crippen LogP contribution in [0.4, 0.5) is 51.2 Å². The molecule has 0 atom stereocenters. The van der Waals surface area contributed by atoms with E-state index in [0.717, 1.165) is 42.7 Å². The molecular formula is C77H78BN3. The summed E-state index contributed by atoms with van der Waals surface area (Å²) in [5.41, 5.74) is 28.6. The molecule has 0 radical (unpaired) electrons. The first kappa shape index (κ1) is 51.6. The van der Waals surface area contributed by atoms with E-state index in [0.29, 0.717) is 0 Å². The molecule has 0 unspecified atom stereocenters. The molecule has 0 fully saturated rings. The predicted molar refractivity (Wildman–Crippen MR) is 347 cm³/mol. The van der Waals surface area contributed by atoms with E-state index >= 15 is 0 Å². The van der Waals surface area contributed by atoms with Crippen LogP contribution in [0, 0.1) is 0 Å². The Balaban J connectivity index is 1.17. The molecule has 3 nitrogen and oxygen atoms in total. The summed E-state index contributed by atoms with van der Waals surface area (Å²) in [5, 5.41) is 0. The van der Waals surface area contributed by atoms with Crippen molar-refractivity contribution in [2.45, 2.75) is 148 Å². The van der Waals surface area contributed by atoms with Crippen LogP contribution in [0.25, 0.3) is 22.3 Å². The molecule has 0 bridgehead atoms. The highest BCUT2D eigenvalue weighted by molar-refractivity contribution is 7.00. The van der Waals surface area contributed by atoms with Crippen molar-refractivity contribution in [3.8, 4) is 22.3 Å². The lowest BCUT2D eigenvalue weighted by Gasteiger charge is -2.48. The molecule has 9 aromatic carbocycles. The Kier molecular flexibility index (Phi) is 11.4. The van der Waals surface area contributed by atoms with Gasteiger partial charge in [0.1, 0.15) is 0 Å². The van der Waals surface area contributed by atoms with Crippen LogP contribution in [-0.2, 0) is 32.5 Å².